The third kappa shape index (κ3) is 3.10. The summed E-state index contributed by atoms with van der Waals surface area (Å²) in [5.74, 6) is 0.435. The second-order valence-electron chi connectivity index (χ2n) is 3.15. The van der Waals surface area contributed by atoms with Crippen LogP contribution in [0.25, 0.3) is 0 Å². The van der Waals surface area contributed by atoms with Crippen LogP contribution in [0.5, 0.6) is 5.75 Å². The van der Waals surface area contributed by atoms with Crippen molar-refractivity contribution >= 4 is 11.6 Å². The lowest BCUT2D eigenvalue weighted by Crippen LogP contribution is -2.07. The summed E-state index contributed by atoms with van der Waals surface area (Å²) < 4.78 is 10.2. The topological polar surface area (TPSA) is 47.6 Å². The van der Waals surface area contributed by atoms with E-state index in [1.54, 1.807) is 26.4 Å². The predicted octanol–water partition coefficient (Wildman–Crippen LogP) is 1.97. The van der Waals surface area contributed by atoms with Gasteiger partial charge in [0.05, 0.1) is 13.7 Å². The summed E-state index contributed by atoms with van der Waals surface area (Å²) in [7, 11) is 3.19. The molecular weight excluding hydrogens is 206 g/mol. The smallest absolute Gasteiger partial charge is 0.247 e. The number of nitrogens with one attached hydrogen (secondary N) is 1. The minimum absolute atomic E-state index is 0.249. The van der Waals surface area contributed by atoms with Gasteiger partial charge in [0, 0.05) is 24.4 Å². The molecule has 0 aliphatic carbocycles. The van der Waals surface area contributed by atoms with Gasteiger partial charge in [0.25, 0.3) is 0 Å². The maximum absolute atomic E-state index is 11.1. The number of ether oxygens (including phenoxy) is 2. The molecule has 0 fully saturated rings. The largest absolute Gasteiger partial charge is 0.496 e. The zero-order chi connectivity index (χ0) is 12.0. The number of hydrogen-bond acceptors (Lipinski definition) is 3. The maximum Gasteiger partial charge on any atom is 0.247 e. The van der Waals surface area contributed by atoms with E-state index < -0.39 is 0 Å². The van der Waals surface area contributed by atoms with Gasteiger partial charge in [-0.15, -0.1) is 0 Å². The maximum atomic E-state index is 11.1. The molecule has 0 aliphatic rings. The Bertz CT molecular complexity index is 388. The quantitative estimate of drug-likeness (QED) is 0.773. The molecule has 0 bridgehead atoms. The SMILES string of the molecule is C=CC(=O)Nc1ccc(COC)c(OC)c1. The van der Waals surface area contributed by atoms with Crippen LogP contribution in [0.2, 0.25) is 0 Å². The van der Waals surface area contributed by atoms with Crippen molar-refractivity contribution in [2.75, 3.05) is 19.5 Å². The van der Waals surface area contributed by atoms with Crippen LogP contribution in [0.15, 0.2) is 30.9 Å². The first-order valence-electron chi connectivity index (χ1n) is 4.80. The van der Waals surface area contributed by atoms with Gasteiger partial charge in [0.2, 0.25) is 5.91 Å². The van der Waals surface area contributed by atoms with Crippen LogP contribution in [0.1, 0.15) is 5.56 Å². The van der Waals surface area contributed by atoms with E-state index in [1.165, 1.54) is 6.08 Å². The molecule has 1 N–H and O–H groups in total. The Kier molecular flexibility index (Phi) is 4.54. The number of benzene rings is 1. The standard InChI is InChI=1S/C12H15NO3/c1-4-12(14)13-10-6-5-9(8-15-2)11(7-10)16-3/h4-7H,1,8H2,2-3H3,(H,13,14). The Morgan fingerprint density at radius 3 is 2.81 bits per heavy atom. The Morgan fingerprint density at radius 2 is 2.25 bits per heavy atom. The van der Waals surface area contributed by atoms with Crippen molar-refractivity contribution in [2.24, 2.45) is 0 Å². The summed E-state index contributed by atoms with van der Waals surface area (Å²) in [5, 5.41) is 2.66. The highest BCUT2D eigenvalue weighted by molar-refractivity contribution is 5.99. The Labute approximate surface area is 94.9 Å². The van der Waals surface area contributed by atoms with Crippen molar-refractivity contribution in [1.82, 2.24) is 0 Å². The third-order valence-electron chi connectivity index (χ3n) is 2.04. The van der Waals surface area contributed by atoms with Gasteiger partial charge in [0.1, 0.15) is 5.75 Å². The van der Waals surface area contributed by atoms with Crippen molar-refractivity contribution in [1.29, 1.82) is 0 Å². The fraction of sp³-hybridized carbons (Fsp3) is 0.250. The Balaban J connectivity index is 2.90. The van der Waals surface area contributed by atoms with Gasteiger partial charge in [-0.3, -0.25) is 4.79 Å². The van der Waals surface area contributed by atoms with Gasteiger partial charge in [-0.05, 0) is 12.1 Å². The molecule has 0 unspecified atom stereocenters. The number of anilines is 1. The van der Waals surface area contributed by atoms with Gasteiger partial charge in [-0.25, -0.2) is 0 Å². The molecule has 4 heteroatoms. The van der Waals surface area contributed by atoms with Gasteiger partial charge in [-0.2, -0.15) is 0 Å². The molecule has 1 aromatic carbocycles. The summed E-state index contributed by atoms with van der Waals surface area (Å²) in [5.41, 5.74) is 1.60. The molecule has 4 nitrogen and oxygen atoms in total. The highest BCUT2D eigenvalue weighted by atomic mass is 16.5. The molecule has 1 rings (SSSR count). The molecule has 1 aromatic rings. The van der Waals surface area contributed by atoms with Crippen LogP contribution in [0, 0.1) is 0 Å². The highest BCUT2D eigenvalue weighted by Gasteiger charge is 2.05. The van der Waals surface area contributed by atoms with Crippen LogP contribution in [0.4, 0.5) is 5.69 Å². The molecule has 0 aliphatic heterocycles. The van der Waals surface area contributed by atoms with Crippen LogP contribution in [-0.2, 0) is 16.1 Å². The van der Waals surface area contributed by atoms with Gasteiger partial charge >= 0.3 is 0 Å². The first-order valence-corrected chi connectivity index (χ1v) is 4.80. The molecule has 0 spiro atoms. The van der Waals surface area contributed by atoms with Gasteiger partial charge < -0.3 is 14.8 Å². The van der Waals surface area contributed by atoms with Crippen LogP contribution in [-0.4, -0.2) is 20.1 Å². The second-order valence-corrected chi connectivity index (χ2v) is 3.15. The fourth-order valence-electron chi connectivity index (χ4n) is 1.29. The molecule has 86 valence electrons. The molecule has 1 amide bonds. The normalized spacial score (nSPS) is 9.62. The van der Waals surface area contributed by atoms with Gasteiger partial charge in [-0.1, -0.05) is 12.6 Å². The molecule has 0 aromatic heterocycles. The summed E-state index contributed by atoms with van der Waals surface area (Å²) in [6, 6.07) is 5.38. The molecule has 0 heterocycles. The summed E-state index contributed by atoms with van der Waals surface area (Å²) in [6.07, 6.45) is 1.22. The van der Waals surface area contributed by atoms with E-state index in [0.29, 0.717) is 18.0 Å². The van der Waals surface area contributed by atoms with Gasteiger partial charge in [0.15, 0.2) is 0 Å². The number of hydrogen-bond donors (Lipinski definition) is 1. The monoisotopic (exact) mass is 221 g/mol. The molecule has 16 heavy (non-hydrogen) atoms. The lowest BCUT2D eigenvalue weighted by molar-refractivity contribution is -0.111. The number of methoxy groups -OCH3 is 2. The zero-order valence-electron chi connectivity index (χ0n) is 9.45. The molecule has 0 radical (unpaired) electrons. The first-order chi connectivity index (χ1) is 7.71. The lowest BCUT2D eigenvalue weighted by Gasteiger charge is -2.10. The number of rotatable bonds is 5. The van der Waals surface area contributed by atoms with Crippen LogP contribution >= 0.6 is 0 Å². The molecule has 0 saturated heterocycles. The Hall–Kier alpha value is -1.81. The summed E-state index contributed by atoms with van der Waals surface area (Å²) >= 11 is 0. The minimum Gasteiger partial charge on any atom is -0.496 e. The number of carbonyl (C=O) groups excluding carboxylic acids is 1. The van der Waals surface area contributed by atoms with E-state index in [2.05, 4.69) is 11.9 Å². The second kappa shape index (κ2) is 5.92. The zero-order valence-corrected chi connectivity index (χ0v) is 9.45. The molecule has 0 saturated carbocycles. The van der Waals surface area contributed by atoms with E-state index in [1.807, 2.05) is 6.07 Å². The predicted molar refractivity (Wildman–Crippen MR) is 62.5 cm³/mol. The Morgan fingerprint density at radius 1 is 1.50 bits per heavy atom. The molecular formula is C12H15NO3. The van der Waals surface area contributed by atoms with Crippen molar-refractivity contribution in [3.8, 4) is 5.75 Å². The number of carbonyl (C=O) groups is 1. The van der Waals surface area contributed by atoms with Crippen LogP contribution in [0.3, 0.4) is 0 Å². The minimum atomic E-state index is -0.249. The van der Waals surface area contributed by atoms with E-state index in [9.17, 15) is 4.79 Å². The summed E-state index contributed by atoms with van der Waals surface area (Å²) in [6.45, 7) is 3.85. The van der Waals surface area contributed by atoms with Crippen molar-refractivity contribution in [3.05, 3.63) is 36.4 Å². The molecule has 0 atom stereocenters. The average Bonchev–Trinajstić information content (AvgIpc) is 2.31. The third-order valence-corrected chi connectivity index (χ3v) is 2.04. The van der Waals surface area contributed by atoms with E-state index in [4.69, 9.17) is 9.47 Å². The van der Waals surface area contributed by atoms with Crippen molar-refractivity contribution in [2.45, 2.75) is 6.61 Å². The first kappa shape index (κ1) is 12.3. The average molecular weight is 221 g/mol. The van der Waals surface area contributed by atoms with Crippen molar-refractivity contribution in [3.63, 3.8) is 0 Å². The van der Waals surface area contributed by atoms with Crippen LogP contribution < -0.4 is 10.1 Å². The van der Waals surface area contributed by atoms with E-state index in [-0.39, 0.29) is 5.91 Å². The van der Waals surface area contributed by atoms with E-state index in [0.717, 1.165) is 5.56 Å². The summed E-state index contributed by atoms with van der Waals surface area (Å²) in [4.78, 5) is 11.1. The van der Waals surface area contributed by atoms with E-state index >= 15 is 0 Å². The highest BCUT2D eigenvalue weighted by Crippen LogP contribution is 2.23. The fourth-order valence-corrected chi connectivity index (χ4v) is 1.29. The number of amides is 1. The van der Waals surface area contributed by atoms with Crippen molar-refractivity contribution < 1.29 is 14.3 Å². The lowest BCUT2D eigenvalue weighted by atomic mass is 10.2.